The van der Waals surface area contributed by atoms with Crippen molar-refractivity contribution in [2.24, 2.45) is 10.9 Å². The van der Waals surface area contributed by atoms with Crippen molar-refractivity contribution in [1.82, 2.24) is 20.4 Å². The van der Waals surface area contributed by atoms with Gasteiger partial charge in [-0.1, -0.05) is 37.3 Å². The number of piperidine rings is 2. The van der Waals surface area contributed by atoms with Crippen LogP contribution in [0, 0.1) is 5.92 Å². The summed E-state index contributed by atoms with van der Waals surface area (Å²) in [6, 6.07) is 11.9. The summed E-state index contributed by atoms with van der Waals surface area (Å²) in [5.41, 5.74) is 1.41. The van der Waals surface area contributed by atoms with Gasteiger partial charge in [-0.15, -0.1) is 0 Å². The van der Waals surface area contributed by atoms with Gasteiger partial charge in [0.15, 0.2) is 5.96 Å². The van der Waals surface area contributed by atoms with Crippen LogP contribution in [0.1, 0.15) is 57.9 Å². The topological polar surface area (TPSA) is 42.9 Å². The molecule has 1 aromatic carbocycles. The molecule has 2 atom stereocenters. The largest absolute Gasteiger partial charge is 0.356 e. The third-order valence-electron chi connectivity index (χ3n) is 6.88. The predicted octanol–water partition coefficient (Wildman–Crippen LogP) is 3.72. The molecular formula is C25H43N5. The minimum absolute atomic E-state index is 0.508. The molecular weight excluding hydrogens is 370 g/mol. The van der Waals surface area contributed by atoms with E-state index >= 15 is 0 Å². The standard InChI is InChI=1S/C25H43N5/c1-21-11-16-29(17-12-21)15-8-7-14-27-25(26-3)28-24-13-18-30(22(2)19-24)20-23-9-5-4-6-10-23/h4-6,9-10,21-22,24H,7-8,11-20H2,1-3H3,(H2,26,27,28). The zero-order chi connectivity index (χ0) is 21.2. The highest BCUT2D eigenvalue weighted by atomic mass is 15.2. The highest BCUT2D eigenvalue weighted by Gasteiger charge is 2.25. The number of nitrogens with zero attached hydrogens (tertiary/aromatic N) is 3. The van der Waals surface area contributed by atoms with Gasteiger partial charge in [0.1, 0.15) is 0 Å². The molecule has 5 nitrogen and oxygen atoms in total. The number of unbranched alkanes of at least 4 members (excludes halogenated alkanes) is 1. The number of nitrogens with one attached hydrogen (secondary N) is 2. The zero-order valence-corrected chi connectivity index (χ0v) is 19.4. The Kier molecular flexibility index (Phi) is 9.47. The van der Waals surface area contributed by atoms with Gasteiger partial charge in [0.25, 0.3) is 0 Å². The Morgan fingerprint density at radius 3 is 2.50 bits per heavy atom. The first-order valence-electron chi connectivity index (χ1n) is 12.1. The third kappa shape index (κ3) is 7.59. The van der Waals surface area contributed by atoms with E-state index in [1.165, 1.54) is 63.7 Å². The van der Waals surface area contributed by atoms with E-state index in [2.05, 4.69) is 69.6 Å². The highest BCUT2D eigenvalue weighted by molar-refractivity contribution is 5.79. The monoisotopic (exact) mass is 413 g/mol. The minimum Gasteiger partial charge on any atom is -0.356 e. The van der Waals surface area contributed by atoms with Crippen molar-refractivity contribution in [3.8, 4) is 0 Å². The Bertz CT molecular complexity index is 624. The molecule has 2 N–H and O–H groups in total. The lowest BCUT2D eigenvalue weighted by Crippen LogP contribution is -2.51. The Morgan fingerprint density at radius 2 is 1.80 bits per heavy atom. The smallest absolute Gasteiger partial charge is 0.191 e. The Morgan fingerprint density at radius 1 is 1.03 bits per heavy atom. The van der Waals surface area contributed by atoms with Crippen molar-refractivity contribution >= 4 is 5.96 Å². The molecule has 30 heavy (non-hydrogen) atoms. The number of likely N-dealkylation sites (tertiary alicyclic amines) is 2. The van der Waals surface area contributed by atoms with Crippen LogP contribution in [0.3, 0.4) is 0 Å². The summed E-state index contributed by atoms with van der Waals surface area (Å²) in [6.07, 6.45) is 7.56. The number of aliphatic imine (C=N–C) groups is 1. The highest BCUT2D eigenvalue weighted by Crippen LogP contribution is 2.20. The zero-order valence-electron chi connectivity index (χ0n) is 19.4. The second-order valence-electron chi connectivity index (χ2n) is 9.40. The average Bonchev–Trinajstić information content (AvgIpc) is 2.76. The Labute approximate surface area is 184 Å². The minimum atomic E-state index is 0.508. The molecule has 2 saturated heterocycles. The molecule has 0 saturated carbocycles. The van der Waals surface area contributed by atoms with E-state index in [-0.39, 0.29) is 0 Å². The predicted molar refractivity (Wildman–Crippen MR) is 128 cm³/mol. The van der Waals surface area contributed by atoms with Crippen LogP contribution in [0.15, 0.2) is 35.3 Å². The maximum atomic E-state index is 4.46. The lowest BCUT2D eigenvalue weighted by atomic mass is 9.97. The van der Waals surface area contributed by atoms with E-state index in [1.807, 2.05) is 7.05 Å². The molecule has 0 spiro atoms. The van der Waals surface area contributed by atoms with Gasteiger partial charge in [-0.05, 0) is 76.6 Å². The molecule has 1 aromatic rings. The van der Waals surface area contributed by atoms with Gasteiger partial charge in [0.05, 0.1) is 0 Å². The normalized spacial score (nSPS) is 24.7. The van der Waals surface area contributed by atoms with E-state index in [0.717, 1.165) is 31.5 Å². The molecule has 2 heterocycles. The van der Waals surface area contributed by atoms with Crippen LogP contribution in [0.2, 0.25) is 0 Å². The van der Waals surface area contributed by atoms with Gasteiger partial charge in [-0.2, -0.15) is 0 Å². The molecule has 0 bridgehead atoms. The fraction of sp³-hybridized carbons (Fsp3) is 0.720. The van der Waals surface area contributed by atoms with E-state index in [1.54, 1.807) is 0 Å². The lowest BCUT2D eigenvalue weighted by Gasteiger charge is -2.38. The van der Waals surface area contributed by atoms with Crippen molar-refractivity contribution in [2.45, 2.75) is 71.0 Å². The Hall–Kier alpha value is -1.59. The van der Waals surface area contributed by atoms with Crippen LogP contribution >= 0.6 is 0 Å². The van der Waals surface area contributed by atoms with Crippen molar-refractivity contribution < 1.29 is 0 Å². The van der Waals surface area contributed by atoms with Crippen molar-refractivity contribution in [3.63, 3.8) is 0 Å². The van der Waals surface area contributed by atoms with E-state index in [0.29, 0.717) is 12.1 Å². The number of hydrogen-bond acceptors (Lipinski definition) is 3. The Balaban J connectivity index is 1.30. The van der Waals surface area contributed by atoms with Crippen LogP contribution in [-0.4, -0.2) is 67.6 Å². The van der Waals surface area contributed by atoms with E-state index in [9.17, 15) is 0 Å². The first-order chi connectivity index (χ1) is 14.6. The fourth-order valence-electron chi connectivity index (χ4n) is 4.75. The van der Waals surface area contributed by atoms with Gasteiger partial charge < -0.3 is 15.5 Å². The van der Waals surface area contributed by atoms with Gasteiger partial charge in [-0.25, -0.2) is 0 Å². The van der Waals surface area contributed by atoms with Gasteiger partial charge in [0.2, 0.25) is 0 Å². The maximum Gasteiger partial charge on any atom is 0.191 e. The van der Waals surface area contributed by atoms with Crippen LogP contribution in [-0.2, 0) is 6.54 Å². The van der Waals surface area contributed by atoms with E-state index in [4.69, 9.17) is 0 Å². The molecule has 0 aliphatic carbocycles. The first kappa shape index (κ1) is 23.1. The molecule has 2 fully saturated rings. The molecule has 2 aliphatic rings. The van der Waals surface area contributed by atoms with Gasteiger partial charge in [0, 0.05) is 38.8 Å². The summed E-state index contributed by atoms with van der Waals surface area (Å²) in [5, 5.41) is 7.20. The fourth-order valence-corrected chi connectivity index (χ4v) is 4.75. The second kappa shape index (κ2) is 12.3. The van der Waals surface area contributed by atoms with Crippen LogP contribution in [0.25, 0.3) is 0 Å². The van der Waals surface area contributed by atoms with Crippen LogP contribution in [0.4, 0.5) is 0 Å². The number of guanidine groups is 1. The third-order valence-corrected chi connectivity index (χ3v) is 6.88. The van der Waals surface area contributed by atoms with E-state index < -0.39 is 0 Å². The number of benzene rings is 1. The molecule has 2 aliphatic heterocycles. The summed E-state index contributed by atoms with van der Waals surface area (Å²) < 4.78 is 0. The molecule has 0 aromatic heterocycles. The second-order valence-corrected chi connectivity index (χ2v) is 9.40. The van der Waals surface area contributed by atoms with Crippen molar-refractivity contribution in [2.75, 3.05) is 39.8 Å². The first-order valence-corrected chi connectivity index (χ1v) is 12.1. The molecule has 2 unspecified atom stereocenters. The van der Waals surface area contributed by atoms with Crippen LogP contribution in [0.5, 0.6) is 0 Å². The number of hydrogen-bond donors (Lipinski definition) is 2. The molecule has 0 amide bonds. The summed E-state index contributed by atoms with van der Waals surface area (Å²) >= 11 is 0. The molecule has 3 rings (SSSR count). The maximum absolute atomic E-state index is 4.46. The van der Waals surface area contributed by atoms with Crippen LogP contribution < -0.4 is 10.6 Å². The summed E-state index contributed by atoms with van der Waals surface area (Å²) in [7, 11) is 1.89. The number of rotatable bonds is 8. The molecule has 0 radical (unpaired) electrons. The molecule has 168 valence electrons. The summed E-state index contributed by atoms with van der Waals surface area (Å²) in [6.45, 7) is 11.8. The average molecular weight is 414 g/mol. The summed E-state index contributed by atoms with van der Waals surface area (Å²) in [4.78, 5) is 9.70. The van der Waals surface area contributed by atoms with Crippen molar-refractivity contribution in [3.05, 3.63) is 35.9 Å². The molecule has 5 heteroatoms. The van der Waals surface area contributed by atoms with Gasteiger partial charge in [-0.3, -0.25) is 9.89 Å². The summed E-state index contributed by atoms with van der Waals surface area (Å²) in [5.74, 6) is 1.89. The van der Waals surface area contributed by atoms with Crippen molar-refractivity contribution in [1.29, 1.82) is 0 Å². The SMILES string of the molecule is CN=C(NCCCCN1CCC(C)CC1)NC1CCN(Cc2ccccc2)C(C)C1. The quantitative estimate of drug-likeness (QED) is 0.387. The van der Waals surface area contributed by atoms with Gasteiger partial charge >= 0.3 is 0 Å². The lowest BCUT2D eigenvalue weighted by molar-refractivity contribution is 0.134.